The molecule has 21 heavy (non-hydrogen) atoms. The molecule has 0 radical (unpaired) electrons. The van der Waals surface area contributed by atoms with Crippen LogP contribution in [0.3, 0.4) is 0 Å². The minimum Gasteiger partial charge on any atom is -0.468 e. The maximum absolute atomic E-state index is 5.48. The molecule has 6 heteroatoms. The van der Waals surface area contributed by atoms with Crippen LogP contribution in [0.15, 0.2) is 35.8 Å². The summed E-state index contributed by atoms with van der Waals surface area (Å²) in [6, 6.07) is 8.86. The molecule has 0 amide bonds. The smallest absolute Gasteiger partial charge is 0.273 e. The molecule has 0 aliphatic heterocycles. The van der Waals surface area contributed by atoms with Gasteiger partial charge in [0.2, 0.25) is 0 Å². The van der Waals surface area contributed by atoms with Crippen LogP contribution in [0.25, 0.3) is 0 Å². The third-order valence-electron chi connectivity index (χ3n) is 3.46. The van der Waals surface area contributed by atoms with E-state index >= 15 is 0 Å². The Morgan fingerprint density at radius 1 is 1.43 bits per heavy atom. The molecule has 1 unspecified atom stereocenters. The first-order chi connectivity index (χ1) is 10.3. The van der Waals surface area contributed by atoms with Crippen LogP contribution in [0.4, 0.5) is 0 Å². The molecule has 0 fully saturated rings. The van der Waals surface area contributed by atoms with Crippen molar-refractivity contribution in [1.82, 2.24) is 15.6 Å². The molecule has 1 heterocycles. The van der Waals surface area contributed by atoms with Crippen molar-refractivity contribution in [2.75, 3.05) is 13.2 Å². The van der Waals surface area contributed by atoms with E-state index in [0.29, 0.717) is 29.5 Å². The number of aryl methyl sites for hydroxylation is 1. The van der Waals surface area contributed by atoms with Crippen molar-refractivity contribution in [3.63, 3.8) is 0 Å². The average Bonchev–Trinajstić information content (AvgIpc) is 3.14. The lowest BCUT2D eigenvalue weighted by molar-refractivity contribution is 0.320. The summed E-state index contributed by atoms with van der Waals surface area (Å²) in [6.45, 7) is 1.22. The minimum atomic E-state index is 0.320. The summed E-state index contributed by atoms with van der Waals surface area (Å²) in [6.07, 6.45) is 3.94. The standard InChI is InChI=1S/C15H17N3OS2/c20-14(16-7-9-19-15-17-8-10-21-15)18-13-6-5-11-3-1-2-4-12(11)13/h1-4,8,10,13H,5-7,9H2,(H2,16,18,20). The first kappa shape index (κ1) is 14.3. The molecule has 1 atom stereocenters. The number of benzene rings is 1. The highest BCUT2D eigenvalue weighted by atomic mass is 32.1. The van der Waals surface area contributed by atoms with E-state index in [2.05, 4.69) is 39.9 Å². The van der Waals surface area contributed by atoms with Gasteiger partial charge in [-0.25, -0.2) is 4.98 Å². The third kappa shape index (κ3) is 3.71. The predicted molar refractivity (Wildman–Crippen MR) is 88.8 cm³/mol. The summed E-state index contributed by atoms with van der Waals surface area (Å²) in [5.41, 5.74) is 2.78. The van der Waals surface area contributed by atoms with Gasteiger partial charge in [0, 0.05) is 11.6 Å². The topological polar surface area (TPSA) is 46.2 Å². The summed E-state index contributed by atoms with van der Waals surface area (Å²) >= 11 is 6.83. The molecular weight excluding hydrogens is 302 g/mol. The largest absolute Gasteiger partial charge is 0.468 e. The summed E-state index contributed by atoms with van der Waals surface area (Å²) in [5, 5.41) is 9.83. The van der Waals surface area contributed by atoms with Crippen LogP contribution >= 0.6 is 23.6 Å². The van der Waals surface area contributed by atoms with Gasteiger partial charge in [0.25, 0.3) is 5.19 Å². The Morgan fingerprint density at radius 3 is 3.19 bits per heavy atom. The molecule has 2 N–H and O–H groups in total. The molecular formula is C15H17N3OS2. The molecule has 3 rings (SSSR count). The van der Waals surface area contributed by atoms with E-state index in [9.17, 15) is 0 Å². The fourth-order valence-corrected chi connectivity index (χ4v) is 3.26. The van der Waals surface area contributed by atoms with Crippen molar-refractivity contribution in [3.05, 3.63) is 47.0 Å². The number of nitrogens with one attached hydrogen (secondary N) is 2. The van der Waals surface area contributed by atoms with Gasteiger partial charge in [0.15, 0.2) is 5.11 Å². The molecule has 0 bridgehead atoms. The number of aromatic nitrogens is 1. The second kappa shape index (κ2) is 6.87. The van der Waals surface area contributed by atoms with Gasteiger partial charge in [0.1, 0.15) is 6.61 Å². The molecule has 1 aromatic carbocycles. The maximum atomic E-state index is 5.48. The molecule has 110 valence electrons. The zero-order valence-corrected chi connectivity index (χ0v) is 13.2. The van der Waals surface area contributed by atoms with Crippen molar-refractivity contribution in [2.45, 2.75) is 18.9 Å². The van der Waals surface area contributed by atoms with E-state index in [1.165, 1.54) is 22.5 Å². The summed E-state index contributed by atoms with van der Waals surface area (Å²) < 4.78 is 5.48. The first-order valence-electron chi connectivity index (χ1n) is 6.97. The Hall–Kier alpha value is -1.66. The van der Waals surface area contributed by atoms with E-state index in [0.717, 1.165) is 12.8 Å². The number of nitrogens with zero attached hydrogens (tertiary/aromatic N) is 1. The molecule has 1 aliphatic rings. The SMILES string of the molecule is S=C(NCCOc1nccs1)NC1CCc2ccccc21. The normalized spacial score (nSPS) is 16.3. The fraction of sp³-hybridized carbons (Fsp3) is 0.333. The van der Waals surface area contributed by atoms with Gasteiger partial charge in [-0.15, -0.1) is 0 Å². The number of ether oxygens (including phenoxy) is 1. The highest BCUT2D eigenvalue weighted by Crippen LogP contribution is 2.30. The lowest BCUT2D eigenvalue weighted by Crippen LogP contribution is -2.39. The van der Waals surface area contributed by atoms with Crippen LogP contribution in [-0.2, 0) is 6.42 Å². The lowest BCUT2D eigenvalue weighted by atomic mass is 10.1. The second-order valence-corrected chi connectivity index (χ2v) is 6.10. The molecule has 0 saturated heterocycles. The fourth-order valence-electron chi connectivity index (χ4n) is 2.50. The van der Waals surface area contributed by atoms with Crippen molar-refractivity contribution in [1.29, 1.82) is 0 Å². The van der Waals surface area contributed by atoms with E-state index in [4.69, 9.17) is 17.0 Å². The van der Waals surface area contributed by atoms with Crippen molar-refractivity contribution >= 4 is 28.7 Å². The van der Waals surface area contributed by atoms with Crippen molar-refractivity contribution < 1.29 is 4.74 Å². The van der Waals surface area contributed by atoms with E-state index < -0.39 is 0 Å². The van der Waals surface area contributed by atoms with Crippen LogP contribution in [0.5, 0.6) is 5.19 Å². The van der Waals surface area contributed by atoms with Gasteiger partial charge in [0.05, 0.1) is 12.6 Å². The van der Waals surface area contributed by atoms with Crippen LogP contribution in [-0.4, -0.2) is 23.2 Å². The second-order valence-electron chi connectivity index (χ2n) is 4.84. The third-order valence-corrected chi connectivity index (χ3v) is 4.41. The van der Waals surface area contributed by atoms with Gasteiger partial charge in [-0.1, -0.05) is 35.6 Å². The van der Waals surface area contributed by atoms with E-state index in [-0.39, 0.29) is 0 Å². The molecule has 4 nitrogen and oxygen atoms in total. The Kier molecular flexibility index (Phi) is 4.67. The van der Waals surface area contributed by atoms with Crippen molar-refractivity contribution in [2.24, 2.45) is 0 Å². The van der Waals surface area contributed by atoms with Gasteiger partial charge in [-0.2, -0.15) is 0 Å². The number of thiazole rings is 1. The van der Waals surface area contributed by atoms with Crippen LogP contribution < -0.4 is 15.4 Å². The van der Waals surface area contributed by atoms with Crippen molar-refractivity contribution in [3.8, 4) is 5.19 Å². The predicted octanol–water partition coefficient (Wildman–Crippen LogP) is 2.67. The zero-order valence-electron chi connectivity index (χ0n) is 11.5. The Balaban J connectivity index is 1.41. The zero-order chi connectivity index (χ0) is 14.5. The number of hydrogen-bond acceptors (Lipinski definition) is 4. The number of hydrogen-bond donors (Lipinski definition) is 2. The average molecular weight is 319 g/mol. The Morgan fingerprint density at radius 2 is 2.33 bits per heavy atom. The van der Waals surface area contributed by atoms with Gasteiger partial charge in [-0.3, -0.25) is 0 Å². The number of fused-ring (bicyclic) bond motifs is 1. The van der Waals surface area contributed by atoms with Crippen LogP contribution in [0, 0.1) is 0 Å². The van der Waals surface area contributed by atoms with Crippen LogP contribution in [0.2, 0.25) is 0 Å². The quantitative estimate of drug-likeness (QED) is 0.655. The van der Waals surface area contributed by atoms with Gasteiger partial charge < -0.3 is 15.4 Å². The summed E-state index contributed by atoms with van der Waals surface area (Å²) in [5.74, 6) is 0. The monoisotopic (exact) mass is 319 g/mol. The molecule has 2 aromatic rings. The molecule has 1 aromatic heterocycles. The number of thiocarbonyl (C=S) groups is 1. The van der Waals surface area contributed by atoms with Gasteiger partial charge >= 0.3 is 0 Å². The maximum Gasteiger partial charge on any atom is 0.273 e. The first-order valence-corrected chi connectivity index (χ1v) is 8.26. The molecule has 0 saturated carbocycles. The van der Waals surface area contributed by atoms with Gasteiger partial charge in [-0.05, 0) is 36.2 Å². The molecule has 0 spiro atoms. The Labute approximate surface area is 133 Å². The summed E-state index contributed by atoms with van der Waals surface area (Å²) in [4.78, 5) is 4.06. The number of rotatable bonds is 5. The summed E-state index contributed by atoms with van der Waals surface area (Å²) in [7, 11) is 0. The van der Waals surface area contributed by atoms with Crippen LogP contribution in [0.1, 0.15) is 23.6 Å². The highest BCUT2D eigenvalue weighted by molar-refractivity contribution is 7.80. The highest BCUT2D eigenvalue weighted by Gasteiger charge is 2.21. The minimum absolute atomic E-state index is 0.320. The van der Waals surface area contributed by atoms with E-state index in [1.807, 2.05) is 5.38 Å². The lowest BCUT2D eigenvalue weighted by Gasteiger charge is -2.17. The molecule has 1 aliphatic carbocycles. The Bertz CT molecular complexity index is 601. The van der Waals surface area contributed by atoms with E-state index in [1.54, 1.807) is 6.20 Å².